The van der Waals surface area contributed by atoms with Crippen LogP contribution in [0, 0.1) is 0 Å². The van der Waals surface area contributed by atoms with Crippen molar-refractivity contribution in [1.29, 1.82) is 0 Å². The molecule has 16 heavy (non-hydrogen) atoms. The van der Waals surface area contributed by atoms with Gasteiger partial charge >= 0.3 is 6.36 Å². The summed E-state index contributed by atoms with van der Waals surface area (Å²) in [6.45, 7) is -0.0856. The summed E-state index contributed by atoms with van der Waals surface area (Å²) in [6.07, 6.45) is -3.82. The van der Waals surface area contributed by atoms with Crippen molar-refractivity contribution in [2.75, 3.05) is 12.8 Å². The lowest BCUT2D eigenvalue weighted by molar-refractivity contribution is -0.274. The minimum atomic E-state index is -4.85. The van der Waals surface area contributed by atoms with Gasteiger partial charge in [-0.1, -0.05) is 0 Å². The van der Waals surface area contributed by atoms with E-state index < -0.39 is 12.1 Å². The first kappa shape index (κ1) is 12.4. The summed E-state index contributed by atoms with van der Waals surface area (Å²) in [5.74, 6) is -0.828. The third-order valence-electron chi connectivity index (χ3n) is 1.71. The smallest absolute Gasteiger partial charge is 0.491 e. The monoisotopic (exact) mass is 237 g/mol. The Kier molecular flexibility index (Phi) is 3.43. The van der Waals surface area contributed by atoms with Crippen molar-refractivity contribution in [2.45, 2.75) is 12.9 Å². The van der Waals surface area contributed by atoms with E-state index in [1.807, 2.05) is 0 Å². The van der Waals surface area contributed by atoms with Crippen LogP contribution in [-0.4, -0.2) is 18.5 Å². The third-order valence-corrected chi connectivity index (χ3v) is 1.71. The SMILES string of the molecule is COc1c(CN)ncc(N)c1OC(F)(F)F. The highest BCUT2D eigenvalue weighted by Gasteiger charge is 2.34. The third kappa shape index (κ3) is 2.66. The Morgan fingerprint density at radius 3 is 2.44 bits per heavy atom. The molecule has 90 valence electrons. The van der Waals surface area contributed by atoms with E-state index in [9.17, 15) is 13.2 Å². The first-order valence-electron chi connectivity index (χ1n) is 4.16. The standard InChI is InChI=1S/C8H10F3N3O2/c1-15-7-5(2-12)14-3-4(13)6(7)16-8(9,10)11/h3H,2,12-13H2,1H3. The lowest BCUT2D eigenvalue weighted by Gasteiger charge is -2.15. The Balaban J connectivity index is 3.23. The molecule has 0 fully saturated rings. The van der Waals surface area contributed by atoms with Gasteiger partial charge in [-0.15, -0.1) is 13.2 Å². The molecule has 0 unspecified atom stereocenters. The van der Waals surface area contributed by atoms with Crippen LogP contribution in [0.5, 0.6) is 11.5 Å². The van der Waals surface area contributed by atoms with Gasteiger partial charge in [0.2, 0.25) is 0 Å². The van der Waals surface area contributed by atoms with E-state index >= 15 is 0 Å². The lowest BCUT2D eigenvalue weighted by atomic mass is 10.2. The minimum Gasteiger partial charge on any atom is -0.491 e. The maximum Gasteiger partial charge on any atom is 0.573 e. The van der Waals surface area contributed by atoms with E-state index in [-0.39, 0.29) is 23.7 Å². The number of rotatable bonds is 3. The quantitative estimate of drug-likeness (QED) is 0.820. The van der Waals surface area contributed by atoms with E-state index in [2.05, 4.69) is 9.72 Å². The molecule has 0 aliphatic rings. The van der Waals surface area contributed by atoms with Gasteiger partial charge in [0, 0.05) is 6.54 Å². The summed E-state index contributed by atoms with van der Waals surface area (Å²) in [7, 11) is 1.18. The Morgan fingerprint density at radius 1 is 1.38 bits per heavy atom. The highest BCUT2D eigenvalue weighted by atomic mass is 19.4. The number of nitrogens with two attached hydrogens (primary N) is 2. The van der Waals surface area contributed by atoms with Crippen molar-refractivity contribution in [1.82, 2.24) is 4.98 Å². The van der Waals surface area contributed by atoms with Crippen molar-refractivity contribution in [3.63, 3.8) is 0 Å². The first-order chi connectivity index (χ1) is 7.39. The van der Waals surface area contributed by atoms with Gasteiger partial charge < -0.3 is 20.9 Å². The van der Waals surface area contributed by atoms with Gasteiger partial charge in [0.25, 0.3) is 0 Å². The van der Waals surface area contributed by atoms with Gasteiger partial charge in [0.15, 0.2) is 11.5 Å². The molecule has 5 nitrogen and oxygen atoms in total. The molecule has 1 rings (SSSR count). The number of nitrogens with zero attached hydrogens (tertiary/aromatic N) is 1. The summed E-state index contributed by atoms with van der Waals surface area (Å²) >= 11 is 0. The number of anilines is 1. The molecule has 0 aliphatic carbocycles. The van der Waals surface area contributed by atoms with Crippen molar-refractivity contribution in [2.24, 2.45) is 5.73 Å². The number of ether oxygens (including phenoxy) is 2. The fourth-order valence-corrected chi connectivity index (χ4v) is 1.10. The molecule has 1 aromatic rings. The van der Waals surface area contributed by atoms with Gasteiger partial charge in [-0.25, -0.2) is 0 Å². The molecule has 0 bridgehead atoms. The molecule has 0 aromatic carbocycles. The van der Waals surface area contributed by atoms with Crippen LogP contribution in [0.15, 0.2) is 6.20 Å². The number of hydrogen-bond donors (Lipinski definition) is 2. The minimum absolute atomic E-state index is 0.0856. The number of pyridine rings is 1. The van der Waals surface area contributed by atoms with Crippen LogP contribution in [0.2, 0.25) is 0 Å². The van der Waals surface area contributed by atoms with Gasteiger partial charge in [-0.3, -0.25) is 4.98 Å². The maximum atomic E-state index is 12.1. The van der Waals surface area contributed by atoms with Crippen molar-refractivity contribution < 1.29 is 22.6 Å². The van der Waals surface area contributed by atoms with Crippen molar-refractivity contribution >= 4 is 5.69 Å². The summed E-state index contributed by atoms with van der Waals surface area (Å²) < 4.78 is 44.8. The molecule has 8 heteroatoms. The van der Waals surface area contributed by atoms with Crippen LogP contribution >= 0.6 is 0 Å². The fourth-order valence-electron chi connectivity index (χ4n) is 1.10. The Morgan fingerprint density at radius 2 is 2.00 bits per heavy atom. The highest BCUT2D eigenvalue weighted by molar-refractivity contribution is 5.60. The normalized spacial score (nSPS) is 11.3. The molecule has 4 N–H and O–H groups in total. The van der Waals surface area contributed by atoms with Gasteiger partial charge in [0.05, 0.1) is 24.7 Å². The van der Waals surface area contributed by atoms with Crippen LogP contribution in [0.1, 0.15) is 5.69 Å². The summed E-state index contributed by atoms with van der Waals surface area (Å²) in [4.78, 5) is 3.74. The summed E-state index contributed by atoms with van der Waals surface area (Å²) in [6, 6.07) is 0. The van der Waals surface area contributed by atoms with Gasteiger partial charge in [-0.05, 0) is 0 Å². The lowest BCUT2D eigenvalue weighted by Crippen LogP contribution is -2.19. The molecular weight excluding hydrogens is 227 g/mol. The zero-order valence-electron chi connectivity index (χ0n) is 8.34. The molecule has 0 spiro atoms. The molecule has 0 saturated heterocycles. The summed E-state index contributed by atoms with van der Waals surface area (Å²) in [5, 5.41) is 0. The average molecular weight is 237 g/mol. The van der Waals surface area contributed by atoms with Crippen LogP contribution in [0.25, 0.3) is 0 Å². The molecule has 1 heterocycles. The molecule has 1 aromatic heterocycles. The second-order valence-electron chi connectivity index (χ2n) is 2.77. The van der Waals surface area contributed by atoms with E-state index in [0.717, 1.165) is 6.20 Å². The largest absolute Gasteiger partial charge is 0.573 e. The predicted molar refractivity (Wildman–Crippen MR) is 49.8 cm³/mol. The topological polar surface area (TPSA) is 83.4 Å². The van der Waals surface area contributed by atoms with Crippen molar-refractivity contribution in [3.05, 3.63) is 11.9 Å². The number of halogens is 3. The average Bonchev–Trinajstić information content (AvgIpc) is 2.19. The van der Waals surface area contributed by atoms with E-state index in [1.165, 1.54) is 7.11 Å². The number of nitrogen functional groups attached to an aromatic ring is 1. The predicted octanol–water partition coefficient (Wildman–Crippen LogP) is 1.03. The Bertz CT molecular complexity index is 382. The number of aromatic nitrogens is 1. The highest BCUT2D eigenvalue weighted by Crippen LogP contribution is 2.38. The van der Waals surface area contributed by atoms with Crippen LogP contribution in [-0.2, 0) is 6.54 Å². The molecular formula is C8H10F3N3O2. The molecule has 0 saturated carbocycles. The maximum absolute atomic E-state index is 12.1. The van der Waals surface area contributed by atoms with Crippen LogP contribution in [0.4, 0.5) is 18.9 Å². The molecule has 0 amide bonds. The van der Waals surface area contributed by atoms with Crippen LogP contribution in [0.3, 0.4) is 0 Å². The van der Waals surface area contributed by atoms with E-state index in [4.69, 9.17) is 16.2 Å². The zero-order valence-corrected chi connectivity index (χ0v) is 8.34. The summed E-state index contributed by atoms with van der Waals surface area (Å²) in [5.41, 5.74) is 10.5. The first-order valence-corrected chi connectivity index (χ1v) is 4.16. The zero-order chi connectivity index (χ0) is 12.3. The van der Waals surface area contributed by atoms with Crippen LogP contribution < -0.4 is 20.9 Å². The molecule has 0 radical (unpaired) electrons. The number of methoxy groups -OCH3 is 1. The number of alkyl halides is 3. The van der Waals surface area contributed by atoms with E-state index in [0.29, 0.717) is 0 Å². The number of hydrogen-bond acceptors (Lipinski definition) is 5. The van der Waals surface area contributed by atoms with Crippen molar-refractivity contribution in [3.8, 4) is 11.5 Å². The fraction of sp³-hybridized carbons (Fsp3) is 0.375. The van der Waals surface area contributed by atoms with Gasteiger partial charge in [0.1, 0.15) is 0 Å². The van der Waals surface area contributed by atoms with Gasteiger partial charge in [-0.2, -0.15) is 0 Å². The second kappa shape index (κ2) is 4.44. The molecule has 0 aliphatic heterocycles. The van der Waals surface area contributed by atoms with E-state index in [1.54, 1.807) is 0 Å². The Labute approximate surface area is 89.1 Å². The second-order valence-corrected chi connectivity index (χ2v) is 2.77. The Hall–Kier alpha value is -1.70. The molecule has 0 atom stereocenters.